The number of primary amides is 1. The molecule has 0 bridgehead atoms. The summed E-state index contributed by atoms with van der Waals surface area (Å²) in [5, 5.41) is 12.5. The Kier molecular flexibility index (Phi) is 4.06. The van der Waals surface area contributed by atoms with Gasteiger partial charge in [-0.3, -0.25) is 4.79 Å². The zero-order valence-corrected chi connectivity index (χ0v) is 12.0. The number of para-hydroxylation sites is 1. The zero-order chi connectivity index (χ0) is 16.5. The molecule has 0 aromatic heterocycles. The number of carbonyl (C=O) groups is 2. The number of aliphatic hydroxyl groups is 1. The Balaban J connectivity index is 2.09. The lowest BCUT2D eigenvalue weighted by atomic mass is 9.94. The van der Waals surface area contributed by atoms with Gasteiger partial charge in [0.2, 0.25) is 0 Å². The molecule has 8 heteroatoms. The minimum Gasteiger partial charge on any atom is -0.381 e. The predicted molar refractivity (Wildman–Crippen MR) is 75.5 cm³/mol. The van der Waals surface area contributed by atoms with Gasteiger partial charge < -0.3 is 21.1 Å². The highest BCUT2D eigenvalue weighted by molar-refractivity contribution is 5.90. The van der Waals surface area contributed by atoms with Crippen LogP contribution < -0.4 is 11.1 Å². The molecule has 1 aromatic rings. The molecule has 0 radical (unpaired) electrons. The van der Waals surface area contributed by atoms with Gasteiger partial charge in [-0.1, -0.05) is 18.2 Å². The molecule has 2 rings (SSSR count). The number of urea groups is 1. The Morgan fingerprint density at radius 2 is 2.05 bits per heavy atom. The van der Waals surface area contributed by atoms with Crippen LogP contribution in [0.4, 0.5) is 19.3 Å². The zero-order valence-electron chi connectivity index (χ0n) is 12.0. The summed E-state index contributed by atoms with van der Waals surface area (Å²) in [4.78, 5) is 23.9. The van der Waals surface area contributed by atoms with Crippen molar-refractivity contribution in [2.45, 2.75) is 24.9 Å². The second kappa shape index (κ2) is 5.53. The van der Waals surface area contributed by atoms with Gasteiger partial charge >= 0.3 is 12.0 Å². The van der Waals surface area contributed by atoms with Crippen molar-refractivity contribution >= 4 is 17.6 Å². The molecule has 1 saturated heterocycles. The van der Waals surface area contributed by atoms with Crippen molar-refractivity contribution in [2.75, 3.05) is 18.4 Å². The van der Waals surface area contributed by atoms with E-state index in [1.165, 1.54) is 0 Å². The summed E-state index contributed by atoms with van der Waals surface area (Å²) in [6.45, 7) is 1.02. The average Bonchev–Trinajstić information content (AvgIpc) is 2.85. The third-order valence-electron chi connectivity index (χ3n) is 3.82. The van der Waals surface area contributed by atoms with Crippen LogP contribution in [-0.4, -0.2) is 46.6 Å². The Hall–Kier alpha value is -2.22. The first-order valence-electron chi connectivity index (χ1n) is 6.69. The Morgan fingerprint density at radius 3 is 2.64 bits per heavy atom. The molecule has 0 aliphatic carbocycles. The second-order valence-corrected chi connectivity index (χ2v) is 5.39. The van der Waals surface area contributed by atoms with E-state index < -0.39 is 36.4 Å². The van der Waals surface area contributed by atoms with E-state index in [1.54, 1.807) is 31.2 Å². The number of nitrogens with two attached hydrogens (primary N) is 1. The fraction of sp³-hybridized carbons (Fsp3) is 0.429. The highest BCUT2D eigenvalue weighted by Crippen LogP contribution is 2.36. The van der Waals surface area contributed by atoms with E-state index >= 15 is 0 Å². The Morgan fingerprint density at radius 1 is 1.41 bits per heavy atom. The molecule has 1 fully saturated rings. The van der Waals surface area contributed by atoms with Crippen LogP contribution in [-0.2, 0) is 4.79 Å². The number of hydrogen-bond donors (Lipinski definition) is 3. The number of carbonyl (C=O) groups excluding carboxylic acids is 2. The summed E-state index contributed by atoms with van der Waals surface area (Å²) < 4.78 is 27.4. The quantitative estimate of drug-likeness (QED) is 0.779. The lowest BCUT2D eigenvalue weighted by molar-refractivity contribution is -0.185. The Labute approximate surface area is 125 Å². The van der Waals surface area contributed by atoms with Crippen LogP contribution in [0.3, 0.4) is 0 Å². The summed E-state index contributed by atoms with van der Waals surface area (Å²) >= 11 is 0. The van der Waals surface area contributed by atoms with Crippen molar-refractivity contribution in [3.8, 4) is 0 Å². The van der Waals surface area contributed by atoms with Crippen molar-refractivity contribution in [2.24, 2.45) is 5.73 Å². The Bertz CT molecular complexity index is 609. The molecular weight excluding hydrogens is 296 g/mol. The molecule has 1 aromatic carbocycles. The van der Waals surface area contributed by atoms with Gasteiger partial charge in [0.1, 0.15) is 0 Å². The van der Waals surface area contributed by atoms with Gasteiger partial charge in [-0.2, -0.15) is 8.78 Å². The highest BCUT2D eigenvalue weighted by Gasteiger charge is 2.60. The van der Waals surface area contributed by atoms with E-state index in [-0.39, 0.29) is 6.54 Å². The number of nitrogens with one attached hydrogen (secondary N) is 1. The number of hydrogen-bond acceptors (Lipinski definition) is 3. The molecule has 1 aliphatic rings. The van der Waals surface area contributed by atoms with Crippen LogP contribution in [0.25, 0.3) is 0 Å². The van der Waals surface area contributed by atoms with Crippen LogP contribution in [0.5, 0.6) is 0 Å². The van der Waals surface area contributed by atoms with Crippen LogP contribution in [0.2, 0.25) is 0 Å². The number of β-amino-alcohol motifs (C(OH)–C–C–N with tert-alkyl or cyclic N) is 1. The number of nitrogens with zero attached hydrogens (tertiary/aromatic N) is 1. The van der Waals surface area contributed by atoms with Gasteiger partial charge in [0.05, 0.1) is 6.54 Å². The van der Waals surface area contributed by atoms with Crippen LogP contribution in [0.15, 0.2) is 24.3 Å². The van der Waals surface area contributed by atoms with E-state index in [0.29, 0.717) is 5.69 Å². The summed E-state index contributed by atoms with van der Waals surface area (Å²) in [5.74, 6) is -6.00. The molecule has 0 saturated carbocycles. The van der Waals surface area contributed by atoms with E-state index in [4.69, 9.17) is 0 Å². The number of rotatable bonds is 3. The maximum atomic E-state index is 13.7. The van der Waals surface area contributed by atoms with Crippen molar-refractivity contribution in [3.63, 3.8) is 0 Å². The maximum absolute atomic E-state index is 13.7. The monoisotopic (exact) mass is 313 g/mol. The molecule has 120 valence electrons. The standard InChI is InChI=1S/C14H17F2N3O3/c1-9-4-2-3-5-10(9)18-12(21)19-7-6-13(22,8-19)14(15,16)11(17)20/h2-5,22H,6-8H2,1H3,(H2,17,20)(H,18,21). The van der Waals surface area contributed by atoms with Crippen molar-refractivity contribution in [3.05, 3.63) is 29.8 Å². The largest absolute Gasteiger partial charge is 0.381 e. The topological polar surface area (TPSA) is 95.7 Å². The van der Waals surface area contributed by atoms with E-state index in [0.717, 1.165) is 10.5 Å². The molecule has 0 spiro atoms. The molecule has 3 amide bonds. The van der Waals surface area contributed by atoms with Crippen molar-refractivity contribution in [1.29, 1.82) is 0 Å². The summed E-state index contributed by atoms with van der Waals surface area (Å²) in [5.41, 5.74) is 3.35. The fourth-order valence-electron chi connectivity index (χ4n) is 2.36. The third-order valence-corrected chi connectivity index (χ3v) is 3.82. The van der Waals surface area contributed by atoms with E-state index in [9.17, 15) is 23.5 Å². The molecule has 22 heavy (non-hydrogen) atoms. The predicted octanol–water partition coefficient (Wildman–Crippen LogP) is 1.08. The minimum atomic E-state index is -4.09. The first-order chi connectivity index (χ1) is 10.2. The fourth-order valence-corrected chi connectivity index (χ4v) is 2.36. The lowest BCUT2D eigenvalue weighted by Gasteiger charge is -2.29. The van der Waals surface area contributed by atoms with Crippen LogP contribution in [0, 0.1) is 6.92 Å². The first kappa shape index (κ1) is 16.2. The van der Waals surface area contributed by atoms with Crippen molar-refractivity contribution < 1.29 is 23.5 Å². The first-order valence-corrected chi connectivity index (χ1v) is 6.69. The van der Waals surface area contributed by atoms with Gasteiger partial charge in [-0.05, 0) is 18.6 Å². The van der Waals surface area contributed by atoms with Crippen LogP contribution in [0.1, 0.15) is 12.0 Å². The highest BCUT2D eigenvalue weighted by atomic mass is 19.3. The summed E-state index contributed by atoms with van der Waals surface area (Å²) in [6, 6.07) is 6.37. The van der Waals surface area contributed by atoms with Gasteiger partial charge in [-0.15, -0.1) is 0 Å². The molecule has 6 nitrogen and oxygen atoms in total. The lowest BCUT2D eigenvalue weighted by Crippen LogP contribution is -2.57. The molecule has 1 unspecified atom stereocenters. The van der Waals surface area contributed by atoms with Gasteiger partial charge in [0.15, 0.2) is 5.60 Å². The van der Waals surface area contributed by atoms with Crippen LogP contribution >= 0.6 is 0 Å². The molecule has 4 N–H and O–H groups in total. The molecule has 1 heterocycles. The average molecular weight is 313 g/mol. The summed E-state index contributed by atoms with van der Waals surface area (Å²) in [6.07, 6.45) is -0.426. The molecule has 1 atom stereocenters. The number of anilines is 1. The number of aryl methyl sites for hydroxylation is 1. The number of halogens is 2. The number of amides is 3. The summed E-state index contributed by atoms with van der Waals surface area (Å²) in [7, 11) is 0. The normalized spacial score (nSPS) is 21.7. The van der Waals surface area contributed by atoms with Gasteiger partial charge in [0.25, 0.3) is 5.91 Å². The number of likely N-dealkylation sites (tertiary alicyclic amines) is 1. The third kappa shape index (κ3) is 2.74. The maximum Gasteiger partial charge on any atom is 0.353 e. The van der Waals surface area contributed by atoms with Crippen molar-refractivity contribution in [1.82, 2.24) is 4.90 Å². The molecule has 1 aliphatic heterocycles. The van der Waals surface area contributed by atoms with Gasteiger partial charge in [-0.25, -0.2) is 4.79 Å². The number of alkyl halides is 2. The SMILES string of the molecule is Cc1ccccc1NC(=O)N1CCC(O)(C(F)(F)C(N)=O)C1. The molecular formula is C14H17F2N3O3. The van der Waals surface area contributed by atoms with E-state index in [2.05, 4.69) is 11.1 Å². The minimum absolute atomic E-state index is 0.100. The number of benzene rings is 1. The van der Waals surface area contributed by atoms with E-state index in [1.807, 2.05) is 0 Å². The second-order valence-electron chi connectivity index (χ2n) is 5.39. The smallest absolute Gasteiger partial charge is 0.353 e. The van der Waals surface area contributed by atoms with Gasteiger partial charge in [0, 0.05) is 18.7 Å².